The summed E-state index contributed by atoms with van der Waals surface area (Å²) in [6, 6.07) is 65.2. The molecule has 3 heterocycles. The van der Waals surface area contributed by atoms with Crippen LogP contribution in [0.25, 0.3) is 77.9 Å². The summed E-state index contributed by atoms with van der Waals surface area (Å²) in [5.74, 6) is 0. The fourth-order valence-electron chi connectivity index (χ4n) is 6.88. The van der Waals surface area contributed by atoms with Gasteiger partial charge in [0.2, 0.25) is 0 Å². The van der Waals surface area contributed by atoms with Crippen LogP contribution in [0.2, 0.25) is 0 Å². The van der Waals surface area contributed by atoms with Gasteiger partial charge in [-0.3, -0.25) is 4.98 Å². The number of rotatable bonds is 6. The number of pyridine rings is 3. The topological polar surface area (TPSA) is 38.7 Å². The van der Waals surface area contributed by atoms with Crippen LogP contribution in [-0.4, -0.2) is 15.0 Å². The molecule has 55 heavy (non-hydrogen) atoms. The quantitative estimate of drug-likeness (QED) is 0.156. The average molecular weight is 884 g/mol. The molecule has 0 unspecified atom stereocenters. The maximum Gasteiger partial charge on any atom is 0.0786 e. The molecule has 0 N–H and O–H groups in total. The van der Waals surface area contributed by atoms with Gasteiger partial charge in [-0.1, -0.05) is 120 Å². The first-order chi connectivity index (χ1) is 26.6. The van der Waals surface area contributed by atoms with Crippen molar-refractivity contribution in [3.63, 3.8) is 0 Å². The number of aromatic nitrogens is 3. The van der Waals surface area contributed by atoms with Gasteiger partial charge in [-0.15, -0.1) is 71.3 Å². The molecule has 3 nitrogen and oxygen atoms in total. The molecule has 267 valence electrons. The molecule has 3 aromatic heterocycles. The second-order valence-corrected chi connectivity index (χ2v) is 13.2. The number of nitrogens with zero attached hydrogens (tertiary/aromatic N) is 3. The van der Waals surface area contributed by atoms with E-state index in [4.69, 9.17) is 4.98 Å². The molecule has 0 saturated carbocycles. The Balaban J connectivity index is 0.000000281. The Kier molecular flexibility index (Phi) is 11.6. The van der Waals surface area contributed by atoms with Crippen LogP contribution in [0.5, 0.6) is 0 Å². The van der Waals surface area contributed by atoms with Crippen molar-refractivity contribution in [2.45, 2.75) is 13.8 Å². The first-order valence-corrected chi connectivity index (χ1v) is 18.1. The molecule has 0 aliphatic carbocycles. The largest absolute Gasteiger partial charge is 0.305 e. The van der Waals surface area contributed by atoms with Gasteiger partial charge in [-0.2, -0.15) is 0 Å². The minimum atomic E-state index is 0. The van der Waals surface area contributed by atoms with Crippen molar-refractivity contribution >= 4 is 10.8 Å². The predicted molar refractivity (Wildman–Crippen MR) is 224 cm³/mol. The van der Waals surface area contributed by atoms with E-state index in [9.17, 15) is 0 Å². The van der Waals surface area contributed by atoms with Crippen LogP contribution in [-0.2, 0) is 20.1 Å². The van der Waals surface area contributed by atoms with E-state index in [0.29, 0.717) is 0 Å². The molecule has 0 aliphatic heterocycles. The van der Waals surface area contributed by atoms with Crippen LogP contribution in [0.15, 0.2) is 188 Å². The fourth-order valence-corrected chi connectivity index (χ4v) is 6.88. The van der Waals surface area contributed by atoms with E-state index in [-0.39, 0.29) is 20.1 Å². The Morgan fingerprint density at radius 3 is 1.82 bits per heavy atom. The third-order valence-electron chi connectivity index (χ3n) is 9.48. The van der Waals surface area contributed by atoms with Crippen molar-refractivity contribution < 1.29 is 20.1 Å². The average Bonchev–Trinajstić information content (AvgIpc) is 3.25. The zero-order valence-corrected chi connectivity index (χ0v) is 33.0. The van der Waals surface area contributed by atoms with E-state index < -0.39 is 0 Å². The van der Waals surface area contributed by atoms with E-state index >= 15 is 0 Å². The Bertz CT molecular complexity index is 2660. The summed E-state index contributed by atoms with van der Waals surface area (Å²) >= 11 is 0. The monoisotopic (exact) mass is 884 g/mol. The number of aryl methyl sites for hydroxylation is 2. The zero-order valence-electron chi connectivity index (χ0n) is 30.6. The molecule has 6 aromatic carbocycles. The van der Waals surface area contributed by atoms with Crippen molar-refractivity contribution in [2.75, 3.05) is 0 Å². The maximum atomic E-state index is 4.95. The molecule has 0 amide bonds. The van der Waals surface area contributed by atoms with E-state index in [1.807, 2.05) is 79.3 Å². The first-order valence-electron chi connectivity index (χ1n) is 18.1. The summed E-state index contributed by atoms with van der Waals surface area (Å²) in [5.41, 5.74) is 15.5. The van der Waals surface area contributed by atoms with Gasteiger partial charge in [0.15, 0.2) is 0 Å². The zero-order chi connectivity index (χ0) is 36.7. The summed E-state index contributed by atoms with van der Waals surface area (Å²) < 4.78 is 0. The van der Waals surface area contributed by atoms with Gasteiger partial charge in [0, 0.05) is 49.6 Å². The minimum Gasteiger partial charge on any atom is -0.305 e. The number of hydrogen-bond acceptors (Lipinski definition) is 3. The SMILES string of the molecule is Cc1ccc(-c2ccc(-c3cc[c-]c(-c4ccccn4)c3)c3c(-c4ccccc4)nccc23)c(-c2ccccc2)c1.Cc1ccnc(-c2[c-]cccc2)c1.[Ir]. The summed E-state index contributed by atoms with van der Waals surface area (Å²) in [6.45, 7) is 4.22. The van der Waals surface area contributed by atoms with Gasteiger partial charge in [0.05, 0.1) is 5.69 Å². The molecule has 0 spiro atoms. The van der Waals surface area contributed by atoms with Crippen LogP contribution >= 0.6 is 0 Å². The van der Waals surface area contributed by atoms with Crippen LogP contribution in [0.4, 0.5) is 0 Å². The van der Waals surface area contributed by atoms with E-state index in [1.165, 1.54) is 38.8 Å². The Morgan fingerprint density at radius 2 is 1.07 bits per heavy atom. The molecule has 9 aromatic rings. The maximum absolute atomic E-state index is 4.95. The summed E-state index contributed by atoms with van der Waals surface area (Å²) in [6.07, 6.45) is 5.58. The van der Waals surface area contributed by atoms with E-state index in [1.54, 1.807) is 0 Å². The summed E-state index contributed by atoms with van der Waals surface area (Å²) in [5, 5.41) is 2.30. The molecule has 9 rings (SSSR count). The standard InChI is InChI=1S/C39H27N2.C12H10N.Ir/c1-27-18-19-34(36(25-27)28-11-4-2-5-12-28)33-21-20-32(30-15-10-16-31(26-30)37-17-8-9-23-40-37)38-35(33)22-24-41-39(38)29-13-6-3-7-14-29;1-10-7-8-13-12(9-10)11-5-3-2-4-6-11;/h2-15,17-26H,1H3;2-5,7-9H,1H3;/q2*-1;. The number of benzene rings is 6. The Morgan fingerprint density at radius 1 is 0.400 bits per heavy atom. The first kappa shape index (κ1) is 37.0. The Labute approximate surface area is 336 Å². The van der Waals surface area contributed by atoms with Crippen LogP contribution < -0.4 is 0 Å². The van der Waals surface area contributed by atoms with Gasteiger partial charge in [-0.05, 0) is 76.6 Å². The van der Waals surface area contributed by atoms with Crippen LogP contribution in [0.3, 0.4) is 0 Å². The Hall–Kier alpha value is -6.32. The molecule has 0 fully saturated rings. The van der Waals surface area contributed by atoms with Crippen LogP contribution in [0.1, 0.15) is 11.1 Å². The van der Waals surface area contributed by atoms with Gasteiger partial charge in [-0.25, -0.2) is 0 Å². The smallest absolute Gasteiger partial charge is 0.0786 e. The summed E-state index contributed by atoms with van der Waals surface area (Å²) in [4.78, 5) is 13.8. The molecule has 4 heteroatoms. The van der Waals surface area contributed by atoms with E-state index in [0.717, 1.165) is 50.3 Å². The van der Waals surface area contributed by atoms with Crippen molar-refractivity contribution in [1.29, 1.82) is 0 Å². The third kappa shape index (κ3) is 8.27. The normalized spacial score (nSPS) is 10.6. The molecule has 0 bridgehead atoms. The van der Waals surface area contributed by atoms with Gasteiger partial charge in [0.1, 0.15) is 0 Å². The molecular formula is C51H37IrN3-2. The predicted octanol–water partition coefficient (Wildman–Crippen LogP) is 12.9. The van der Waals surface area contributed by atoms with Gasteiger partial charge < -0.3 is 9.97 Å². The molecule has 0 atom stereocenters. The van der Waals surface area contributed by atoms with Crippen molar-refractivity contribution in [3.8, 4) is 67.2 Å². The van der Waals surface area contributed by atoms with Gasteiger partial charge in [0.25, 0.3) is 0 Å². The number of fused-ring (bicyclic) bond motifs is 1. The van der Waals surface area contributed by atoms with Gasteiger partial charge >= 0.3 is 0 Å². The second-order valence-electron chi connectivity index (χ2n) is 13.2. The second kappa shape index (κ2) is 17.2. The van der Waals surface area contributed by atoms with Crippen molar-refractivity contribution in [1.82, 2.24) is 15.0 Å². The molecule has 0 aliphatic rings. The van der Waals surface area contributed by atoms with Crippen molar-refractivity contribution in [2.24, 2.45) is 0 Å². The molecule has 0 saturated heterocycles. The number of hydrogen-bond donors (Lipinski definition) is 0. The molecular weight excluding hydrogens is 847 g/mol. The third-order valence-corrected chi connectivity index (χ3v) is 9.48. The van der Waals surface area contributed by atoms with Crippen LogP contribution in [0, 0.1) is 26.0 Å². The minimum absolute atomic E-state index is 0. The molecule has 1 radical (unpaired) electrons. The van der Waals surface area contributed by atoms with Crippen molar-refractivity contribution in [3.05, 3.63) is 212 Å². The van der Waals surface area contributed by atoms with E-state index in [2.05, 4.69) is 145 Å². The summed E-state index contributed by atoms with van der Waals surface area (Å²) in [7, 11) is 0. The fraction of sp³-hybridized carbons (Fsp3) is 0.0392.